The normalized spacial score (nSPS) is 13.6. The Morgan fingerprint density at radius 2 is 2.14 bits per heavy atom. The molecule has 116 valence electrons. The Balaban J connectivity index is 1.85. The standard InChI is InChI=1S/C16H26N4S/c1-12(18-7-6-9-20-10-8-17-11-20)14-13(2)19-15(21-14)16(3,4)5/h8,10-12,18H,6-7,9H2,1-5H3. The van der Waals surface area contributed by atoms with E-state index in [-0.39, 0.29) is 5.41 Å². The molecule has 0 spiro atoms. The molecule has 0 saturated heterocycles. The summed E-state index contributed by atoms with van der Waals surface area (Å²) in [6, 6.07) is 0.362. The summed E-state index contributed by atoms with van der Waals surface area (Å²) < 4.78 is 2.11. The predicted molar refractivity (Wildman–Crippen MR) is 88.8 cm³/mol. The topological polar surface area (TPSA) is 42.7 Å². The van der Waals surface area contributed by atoms with Gasteiger partial charge in [0.1, 0.15) is 0 Å². The Hall–Kier alpha value is -1.20. The lowest BCUT2D eigenvalue weighted by molar-refractivity contribution is 0.529. The van der Waals surface area contributed by atoms with E-state index in [1.54, 1.807) is 0 Å². The zero-order valence-electron chi connectivity index (χ0n) is 13.7. The van der Waals surface area contributed by atoms with Crippen LogP contribution >= 0.6 is 11.3 Å². The molecule has 4 nitrogen and oxygen atoms in total. The fraction of sp³-hybridized carbons (Fsp3) is 0.625. The van der Waals surface area contributed by atoms with Crippen molar-refractivity contribution in [2.45, 2.75) is 59.0 Å². The van der Waals surface area contributed by atoms with E-state index < -0.39 is 0 Å². The van der Waals surface area contributed by atoms with Gasteiger partial charge >= 0.3 is 0 Å². The number of nitrogens with one attached hydrogen (secondary N) is 1. The number of nitrogens with zero attached hydrogens (tertiary/aromatic N) is 3. The van der Waals surface area contributed by atoms with E-state index in [1.165, 1.54) is 15.6 Å². The van der Waals surface area contributed by atoms with Crippen LogP contribution in [0.1, 0.15) is 55.7 Å². The predicted octanol–water partition coefficient (Wildman–Crippen LogP) is 3.69. The molecule has 0 saturated carbocycles. The quantitative estimate of drug-likeness (QED) is 0.828. The average Bonchev–Trinajstić information content (AvgIpc) is 3.02. The highest BCUT2D eigenvalue weighted by atomic mass is 32.1. The van der Waals surface area contributed by atoms with E-state index in [2.05, 4.69) is 49.5 Å². The van der Waals surface area contributed by atoms with Crippen molar-refractivity contribution in [1.29, 1.82) is 0 Å². The first-order valence-corrected chi connectivity index (χ1v) is 8.36. The Bertz CT molecular complexity index is 551. The molecule has 0 amide bonds. The smallest absolute Gasteiger partial charge is 0.0985 e. The van der Waals surface area contributed by atoms with Gasteiger partial charge in [-0.15, -0.1) is 11.3 Å². The summed E-state index contributed by atoms with van der Waals surface area (Å²) in [5, 5.41) is 4.83. The molecule has 2 aromatic heterocycles. The number of imidazole rings is 1. The Labute approximate surface area is 131 Å². The second-order valence-electron chi connectivity index (χ2n) is 6.55. The van der Waals surface area contributed by atoms with E-state index in [0.29, 0.717) is 6.04 Å². The summed E-state index contributed by atoms with van der Waals surface area (Å²) in [6.07, 6.45) is 6.80. The van der Waals surface area contributed by atoms with Crippen molar-refractivity contribution in [1.82, 2.24) is 19.9 Å². The largest absolute Gasteiger partial charge is 0.337 e. The molecule has 5 heteroatoms. The van der Waals surface area contributed by atoms with Crippen molar-refractivity contribution >= 4 is 11.3 Å². The first-order valence-electron chi connectivity index (χ1n) is 7.55. The van der Waals surface area contributed by atoms with Crippen LogP contribution in [0.3, 0.4) is 0 Å². The third-order valence-electron chi connectivity index (χ3n) is 3.47. The molecular formula is C16H26N4S. The SMILES string of the molecule is Cc1nc(C(C)(C)C)sc1C(C)NCCCn1ccnc1. The monoisotopic (exact) mass is 306 g/mol. The first-order chi connectivity index (χ1) is 9.88. The molecule has 2 rings (SSSR count). The van der Waals surface area contributed by atoms with Gasteiger partial charge in [-0.2, -0.15) is 0 Å². The zero-order chi connectivity index (χ0) is 15.5. The Morgan fingerprint density at radius 3 is 2.71 bits per heavy atom. The minimum atomic E-state index is 0.134. The molecule has 0 radical (unpaired) electrons. The van der Waals surface area contributed by atoms with E-state index in [9.17, 15) is 0 Å². The maximum atomic E-state index is 4.74. The minimum absolute atomic E-state index is 0.134. The summed E-state index contributed by atoms with van der Waals surface area (Å²) in [6.45, 7) is 13.0. The first kappa shape index (κ1) is 16.2. The molecule has 0 aliphatic heterocycles. The number of aromatic nitrogens is 3. The van der Waals surface area contributed by atoms with Crippen LogP contribution in [-0.2, 0) is 12.0 Å². The lowest BCUT2D eigenvalue weighted by atomic mass is 9.98. The van der Waals surface area contributed by atoms with Crippen molar-refractivity contribution in [3.63, 3.8) is 0 Å². The maximum Gasteiger partial charge on any atom is 0.0985 e. The minimum Gasteiger partial charge on any atom is -0.337 e. The molecule has 1 N–H and O–H groups in total. The van der Waals surface area contributed by atoms with Crippen LogP contribution in [0.2, 0.25) is 0 Å². The van der Waals surface area contributed by atoms with E-state index in [4.69, 9.17) is 4.98 Å². The van der Waals surface area contributed by atoms with Crippen LogP contribution in [-0.4, -0.2) is 21.1 Å². The molecule has 1 unspecified atom stereocenters. The highest BCUT2D eigenvalue weighted by molar-refractivity contribution is 7.12. The van der Waals surface area contributed by atoms with Gasteiger partial charge in [-0.05, 0) is 26.8 Å². The van der Waals surface area contributed by atoms with Crippen LogP contribution in [0.25, 0.3) is 0 Å². The molecule has 0 aliphatic carbocycles. The second-order valence-corrected chi connectivity index (χ2v) is 7.58. The zero-order valence-corrected chi connectivity index (χ0v) is 14.5. The molecule has 0 fully saturated rings. The second kappa shape index (κ2) is 6.71. The summed E-state index contributed by atoms with van der Waals surface area (Å²) in [5.41, 5.74) is 1.30. The van der Waals surface area contributed by atoms with Crippen LogP contribution < -0.4 is 5.32 Å². The molecule has 1 atom stereocenters. The van der Waals surface area contributed by atoms with Gasteiger partial charge in [-0.3, -0.25) is 0 Å². The summed E-state index contributed by atoms with van der Waals surface area (Å²) in [7, 11) is 0. The summed E-state index contributed by atoms with van der Waals surface area (Å²) >= 11 is 1.84. The van der Waals surface area contributed by atoms with Gasteiger partial charge in [-0.1, -0.05) is 20.8 Å². The highest BCUT2D eigenvalue weighted by Gasteiger charge is 2.22. The lowest BCUT2D eigenvalue weighted by Crippen LogP contribution is -2.20. The van der Waals surface area contributed by atoms with Gasteiger partial charge < -0.3 is 9.88 Å². The van der Waals surface area contributed by atoms with Gasteiger partial charge in [0.2, 0.25) is 0 Å². The van der Waals surface area contributed by atoms with E-state index in [0.717, 1.165) is 19.5 Å². The van der Waals surface area contributed by atoms with E-state index >= 15 is 0 Å². The van der Waals surface area contributed by atoms with Crippen LogP contribution in [0.4, 0.5) is 0 Å². The van der Waals surface area contributed by atoms with Crippen LogP contribution in [0, 0.1) is 6.92 Å². The van der Waals surface area contributed by atoms with Crippen molar-refractivity contribution < 1.29 is 0 Å². The van der Waals surface area contributed by atoms with Gasteiger partial charge in [-0.25, -0.2) is 9.97 Å². The van der Waals surface area contributed by atoms with Crippen LogP contribution in [0.15, 0.2) is 18.7 Å². The van der Waals surface area contributed by atoms with Gasteiger partial charge in [0, 0.05) is 35.3 Å². The van der Waals surface area contributed by atoms with E-state index in [1.807, 2.05) is 30.1 Å². The fourth-order valence-electron chi connectivity index (χ4n) is 2.22. The third-order valence-corrected chi connectivity index (χ3v) is 5.24. The average molecular weight is 306 g/mol. The number of aryl methyl sites for hydroxylation is 2. The molecule has 21 heavy (non-hydrogen) atoms. The third kappa shape index (κ3) is 4.38. The van der Waals surface area contributed by atoms with Crippen molar-refractivity contribution in [2.75, 3.05) is 6.54 Å². The number of rotatable bonds is 6. The molecule has 0 aromatic carbocycles. The maximum absolute atomic E-state index is 4.74. The van der Waals surface area contributed by atoms with Crippen molar-refractivity contribution in [3.8, 4) is 0 Å². The number of thiazole rings is 1. The molecule has 0 bridgehead atoms. The lowest BCUT2D eigenvalue weighted by Gasteiger charge is -2.14. The Kier molecular flexibility index (Phi) is 5.17. The Morgan fingerprint density at radius 1 is 1.38 bits per heavy atom. The van der Waals surface area contributed by atoms with Crippen molar-refractivity contribution in [2.24, 2.45) is 0 Å². The highest BCUT2D eigenvalue weighted by Crippen LogP contribution is 2.32. The molecule has 2 heterocycles. The van der Waals surface area contributed by atoms with Crippen molar-refractivity contribution in [3.05, 3.63) is 34.3 Å². The van der Waals surface area contributed by atoms with Crippen LogP contribution in [0.5, 0.6) is 0 Å². The van der Waals surface area contributed by atoms with Gasteiger partial charge in [0.15, 0.2) is 0 Å². The van der Waals surface area contributed by atoms with Gasteiger partial charge in [0.05, 0.1) is 17.0 Å². The fourth-order valence-corrected chi connectivity index (χ4v) is 3.37. The molecular weight excluding hydrogens is 280 g/mol. The summed E-state index contributed by atoms with van der Waals surface area (Å²) in [4.78, 5) is 10.2. The molecule has 0 aliphatic rings. The van der Waals surface area contributed by atoms with Gasteiger partial charge in [0.25, 0.3) is 0 Å². The summed E-state index contributed by atoms with van der Waals surface area (Å²) in [5.74, 6) is 0. The number of hydrogen-bond acceptors (Lipinski definition) is 4. The molecule has 2 aromatic rings. The number of hydrogen-bond donors (Lipinski definition) is 1.